The lowest BCUT2D eigenvalue weighted by Gasteiger charge is -2.30. The van der Waals surface area contributed by atoms with Gasteiger partial charge in [0.2, 0.25) is 5.95 Å². The van der Waals surface area contributed by atoms with Gasteiger partial charge in [0.05, 0.1) is 11.8 Å². The maximum Gasteiger partial charge on any atom is 0.332 e. The van der Waals surface area contributed by atoms with Crippen LogP contribution in [-0.4, -0.2) is 30.9 Å². The van der Waals surface area contributed by atoms with E-state index in [1.54, 1.807) is 7.05 Å². The third kappa shape index (κ3) is 2.77. The molecular formula is C18H28N6O2. The van der Waals surface area contributed by atoms with Crippen LogP contribution in [0.3, 0.4) is 0 Å². The topological polar surface area (TPSA) is 77.4 Å². The molecule has 0 radical (unpaired) electrons. The summed E-state index contributed by atoms with van der Waals surface area (Å²) in [5, 5.41) is 6.51. The molecule has 3 rings (SSSR count). The van der Waals surface area contributed by atoms with Gasteiger partial charge in [-0.15, -0.1) is 0 Å². The van der Waals surface area contributed by atoms with Gasteiger partial charge in [-0.1, -0.05) is 27.7 Å². The molecule has 8 nitrogen and oxygen atoms in total. The Hall–Kier alpha value is -2.38. The lowest BCUT2D eigenvalue weighted by Crippen LogP contribution is -2.41. The van der Waals surface area contributed by atoms with E-state index in [9.17, 15) is 9.59 Å². The molecule has 1 atom stereocenters. The van der Waals surface area contributed by atoms with Crippen molar-refractivity contribution in [2.45, 2.75) is 54.1 Å². The highest BCUT2D eigenvalue weighted by molar-refractivity contribution is 5.91. The van der Waals surface area contributed by atoms with Gasteiger partial charge in [-0.3, -0.25) is 18.5 Å². The zero-order valence-corrected chi connectivity index (χ0v) is 16.6. The van der Waals surface area contributed by atoms with Crippen molar-refractivity contribution in [1.82, 2.24) is 18.7 Å². The summed E-state index contributed by atoms with van der Waals surface area (Å²) in [4.78, 5) is 30.5. The molecule has 0 N–H and O–H groups in total. The van der Waals surface area contributed by atoms with E-state index in [-0.39, 0.29) is 23.2 Å². The molecule has 8 heteroatoms. The monoisotopic (exact) mass is 360 g/mol. The first-order valence-corrected chi connectivity index (χ1v) is 9.17. The molecule has 3 heterocycles. The van der Waals surface area contributed by atoms with E-state index in [0.29, 0.717) is 36.1 Å². The molecule has 0 aromatic carbocycles. The molecule has 2 aromatic heterocycles. The average Bonchev–Trinajstić information content (AvgIpc) is 2.95. The number of aryl methyl sites for hydroxylation is 1. The highest BCUT2D eigenvalue weighted by Gasteiger charge is 2.30. The number of rotatable bonds is 4. The van der Waals surface area contributed by atoms with Crippen LogP contribution in [0.25, 0.3) is 11.2 Å². The molecule has 26 heavy (non-hydrogen) atoms. The fraction of sp³-hybridized carbons (Fsp3) is 0.667. The van der Waals surface area contributed by atoms with Crippen LogP contribution in [0, 0.1) is 11.8 Å². The number of hydrazone groups is 1. The Morgan fingerprint density at radius 1 is 1.08 bits per heavy atom. The smallest absolute Gasteiger partial charge is 0.294 e. The van der Waals surface area contributed by atoms with Crippen molar-refractivity contribution in [2.24, 2.45) is 24.0 Å². The Bertz CT molecular complexity index is 992. The molecule has 1 aliphatic rings. The molecule has 0 spiro atoms. The number of nitrogens with zero attached hydrogens (tertiary/aromatic N) is 6. The van der Waals surface area contributed by atoms with Crippen LogP contribution in [0.2, 0.25) is 0 Å². The molecule has 0 unspecified atom stereocenters. The van der Waals surface area contributed by atoms with Crippen molar-refractivity contribution in [2.75, 3.05) is 11.6 Å². The molecule has 2 aromatic rings. The van der Waals surface area contributed by atoms with Gasteiger partial charge in [-0.05, 0) is 25.7 Å². The van der Waals surface area contributed by atoms with Crippen molar-refractivity contribution >= 4 is 22.8 Å². The molecule has 0 amide bonds. The Labute approximate surface area is 152 Å². The molecule has 0 fully saturated rings. The van der Waals surface area contributed by atoms with Gasteiger partial charge in [0.1, 0.15) is 0 Å². The number of hydrogen-bond donors (Lipinski definition) is 0. The number of hydrogen-bond acceptors (Lipinski definition) is 5. The van der Waals surface area contributed by atoms with Gasteiger partial charge >= 0.3 is 5.69 Å². The normalized spacial score (nSPS) is 17.3. The van der Waals surface area contributed by atoms with Crippen LogP contribution in [0.15, 0.2) is 14.7 Å². The van der Waals surface area contributed by atoms with E-state index in [2.05, 4.69) is 23.9 Å². The van der Waals surface area contributed by atoms with E-state index in [4.69, 9.17) is 0 Å². The van der Waals surface area contributed by atoms with Crippen molar-refractivity contribution in [3.05, 3.63) is 20.8 Å². The summed E-state index contributed by atoms with van der Waals surface area (Å²) < 4.78 is 4.72. The predicted molar refractivity (Wildman–Crippen MR) is 104 cm³/mol. The van der Waals surface area contributed by atoms with Gasteiger partial charge in [0.25, 0.3) is 5.56 Å². The maximum absolute atomic E-state index is 13.2. The number of imidazole rings is 1. The molecule has 0 saturated heterocycles. The zero-order chi connectivity index (χ0) is 19.3. The Morgan fingerprint density at radius 2 is 1.69 bits per heavy atom. The van der Waals surface area contributed by atoms with Gasteiger partial charge in [-0.25, -0.2) is 9.80 Å². The predicted octanol–water partition coefficient (Wildman–Crippen LogP) is 1.97. The summed E-state index contributed by atoms with van der Waals surface area (Å²) in [5.41, 5.74) is 1.20. The Balaban J connectivity index is 2.36. The van der Waals surface area contributed by atoms with Crippen molar-refractivity contribution < 1.29 is 0 Å². The number of fused-ring (bicyclic) bond motifs is 3. The molecule has 142 valence electrons. The molecule has 0 saturated carbocycles. The summed E-state index contributed by atoms with van der Waals surface area (Å²) in [6, 6.07) is -0.0869. The van der Waals surface area contributed by atoms with E-state index in [1.807, 2.05) is 37.3 Å². The van der Waals surface area contributed by atoms with Crippen LogP contribution in [0.5, 0.6) is 0 Å². The summed E-state index contributed by atoms with van der Waals surface area (Å²) in [7, 11) is 1.67. The average molecular weight is 360 g/mol. The van der Waals surface area contributed by atoms with Crippen LogP contribution in [0.1, 0.15) is 47.6 Å². The van der Waals surface area contributed by atoms with E-state index in [0.717, 1.165) is 5.71 Å². The highest BCUT2D eigenvalue weighted by atomic mass is 16.2. The van der Waals surface area contributed by atoms with Crippen molar-refractivity contribution in [3.8, 4) is 0 Å². The minimum absolute atomic E-state index is 0.0869. The first-order chi connectivity index (χ1) is 12.1. The molecule has 0 aliphatic carbocycles. The Morgan fingerprint density at radius 3 is 2.27 bits per heavy atom. The van der Waals surface area contributed by atoms with Gasteiger partial charge in [0.15, 0.2) is 11.2 Å². The van der Waals surface area contributed by atoms with Crippen molar-refractivity contribution in [1.29, 1.82) is 0 Å². The summed E-state index contributed by atoms with van der Waals surface area (Å²) in [6.07, 6.45) is 0. The third-order valence-electron chi connectivity index (χ3n) is 4.74. The summed E-state index contributed by atoms with van der Waals surface area (Å²) in [5.74, 6) is 1.20. The molecule has 0 bridgehead atoms. The minimum atomic E-state index is -0.327. The van der Waals surface area contributed by atoms with E-state index < -0.39 is 0 Å². The van der Waals surface area contributed by atoms with Crippen LogP contribution in [-0.2, 0) is 13.6 Å². The second-order valence-electron chi connectivity index (χ2n) is 8.00. The number of aromatic nitrogens is 4. The third-order valence-corrected chi connectivity index (χ3v) is 4.74. The second-order valence-corrected chi connectivity index (χ2v) is 8.00. The van der Waals surface area contributed by atoms with Crippen LogP contribution >= 0.6 is 0 Å². The standard InChI is InChI=1S/C18H28N6O2/c1-10(2)8-22-16(25)14-15(21(7)18(22)26)19-17-23(9-11(3)4)20-12(5)13(6)24(14)17/h10-11,13H,8-9H2,1-7H3/t13-/m1/s1. The lowest BCUT2D eigenvalue weighted by molar-refractivity contribution is 0.483. The minimum Gasteiger partial charge on any atom is -0.294 e. The van der Waals surface area contributed by atoms with Crippen LogP contribution < -0.4 is 16.3 Å². The van der Waals surface area contributed by atoms with Crippen LogP contribution in [0.4, 0.5) is 5.95 Å². The Kier molecular flexibility index (Phi) is 4.54. The van der Waals surface area contributed by atoms with Crippen molar-refractivity contribution in [3.63, 3.8) is 0 Å². The second kappa shape index (κ2) is 6.41. The SMILES string of the molecule is CC1=NN(CC(C)C)c2nc3c(c(=O)n(CC(C)C)c(=O)n3C)n2[C@@H]1C. The molecule has 1 aliphatic heterocycles. The maximum atomic E-state index is 13.2. The first kappa shape index (κ1) is 18.4. The van der Waals surface area contributed by atoms with Gasteiger partial charge in [-0.2, -0.15) is 10.1 Å². The molecular weight excluding hydrogens is 332 g/mol. The number of anilines is 1. The summed E-state index contributed by atoms with van der Waals surface area (Å²) >= 11 is 0. The fourth-order valence-electron chi connectivity index (χ4n) is 3.38. The largest absolute Gasteiger partial charge is 0.332 e. The lowest BCUT2D eigenvalue weighted by atomic mass is 10.2. The fourth-order valence-corrected chi connectivity index (χ4v) is 3.38. The van der Waals surface area contributed by atoms with Gasteiger partial charge < -0.3 is 0 Å². The quantitative estimate of drug-likeness (QED) is 0.835. The van der Waals surface area contributed by atoms with E-state index >= 15 is 0 Å². The highest BCUT2D eigenvalue weighted by Crippen LogP contribution is 2.30. The van der Waals surface area contributed by atoms with Gasteiger partial charge in [0, 0.05) is 20.1 Å². The summed E-state index contributed by atoms with van der Waals surface area (Å²) in [6.45, 7) is 13.3. The first-order valence-electron chi connectivity index (χ1n) is 9.17. The van der Waals surface area contributed by atoms with E-state index in [1.165, 1.54) is 9.13 Å². The zero-order valence-electron chi connectivity index (χ0n) is 16.6.